The van der Waals surface area contributed by atoms with Gasteiger partial charge in [-0.2, -0.15) is 0 Å². The van der Waals surface area contributed by atoms with Gasteiger partial charge >= 0.3 is 5.97 Å². The molecule has 0 amide bonds. The first-order valence-electron chi connectivity index (χ1n) is 7.14. The molecular formula is C17H26O2. The third kappa shape index (κ3) is 4.70. The van der Waals surface area contributed by atoms with Crippen molar-refractivity contribution in [1.29, 1.82) is 0 Å². The van der Waals surface area contributed by atoms with E-state index in [4.69, 9.17) is 4.74 Å². The molecule has 2 atom stereocenters. The molecule has 2 heteroatoms. The van der Waals surface area contributed by atoms with Gasteiger partial charge in [-0.1, -0.05) is 65.0 Å². The van der Waals surface area contributed by atoms with Gasteiger partial charge in [0.25, 0.3) is 0 Å². The van der Waals surface area contributed by atoms with Crippen LogP contribution in [0.25, 0.3) is 0 Å². The fourth-order valence-electron chi connectivity index (χ4n) is 2.33. The van der Waals surface area contributed by atoms with Gasteiger partial charge in [-0.25, -0.2) is 0 Å². The van der Waals surface area contributed by atoms with E-state index in [1.54, 1.807) is 0 Å². The van der Waals surface area contributed by atoms with Gasteiger partial charge in [0, 0.05) is 0 Å². The van der Waals surface area contributed by atoms with Crippen molar-refractivity contribution >= 4 is 5.97 Å². The van der Waals surface area contributed by atoms with Crippen LogP contribution in [0, 0.1) is 23.7 Å². The van der Waals surface area contributed by atoms with E-state index in [2.05, 4.69) is 34.6 Å². The zero-order chi connectivity index (χ0) is 14.4. The number of carbonyl (C=O) groups excluding carboxylic acids is 1. The summed E-state index contributed by atoms with van der Waals surface area (Å²) in [5, 5.41) is 0. The molecule has 0 bridgehead atoms. The summed E-state index contributed by atoms with van der Waals surface area (Å²) in [4.78, 5) is 12.3. The van der Waals surface area contributed by atoms with Gasteiger partial charge < -0.3 is 4.74 Å². The molecule has 19 heavy (non-hydrogen) atoms. The predicted octanol–water partition coefficient (Wildman–Crippen LogP) is 4.29. The van der Waals surface area contributed by atoms with Crippen LogP contribution in [0.3, 0.4) is 0 Å². The van der Waals surface area contributed by atoms with Crippen molar-refractivity contribution in [1.82, 2.24) is 0 Å². The van der Waals surface area contributed by atoms with Crippen LogP contribution in [-0.4, -0.2) is 5.97 Å². The Morgan fingerprint density at radius 2 is 1.58 bits per heavy atom. The van der Waals surface area contributed by atoms with Gasteiger partial charge in [-0.3, -0.25) is 4.79 Å². The first-order chi connectivity index (χ1) is 8.93. The van der Waals surface area contributed by atoms with E-state index < -0.39 is 0 Å². The van der Waals surface area contributed by atoms with Gasteiger partial charge in [0.05, 0.1) is 5.92 Å². The number of hydrogen-bond donors (Lipinski definition) is 0. The van der Waals surface area contributed by atoms with Crippen LogP contribution in [0.15, 0.2) is 30.3 Å². The monoisotopic (exact) mass is 262 g/mol. The third-order valence-corrected chi connectivity index (χ3v) is 3.83. The van der Waals surface area contributed by atoms with Crippen LogP contribution < -0.4 is 0 Å². The molecule has 0 aliphatic carbocycles. The Balaban J connectivity index is 2.63. The number of carbonyl (C=O) groups is 1. The van der Waals surface area contributed by atoms with Gasteiger partial charge in [-0.15, -0.1) is 0 Å². The molecule has 2 unspecified atom stereocenters. The van der Waals surface area contributed by atoms with Crippen LogP contribution in [0.2, 0.25) is 0 Å². The van der Waals surface area contributed by atoms with E-state index in [1.807, 2.05) is 30.3 Å². The highest BCUT2D eigenvalue weighted by Gasteiger charge is 2.31. The summed E-state index contributed by atoms with van der Waals surface area (Å²) in [6.07, 6.45) is 0. The molecule has 1 rings (SSSR count). The standard InChI is InChI=1S/C17H26O2/c1-12(2)14(5)16(13(3)4)17(18)19-11-15-9-7-6-8-10-15/h6-10,12-14,16H,11H2,1-5H3. The molecule has 0 spiro atoms. The van der Waals surface area contributed by atoms with Crippen LogP contribution in [0.1, 0.15) is 40.2 Å². The lowest BCUT2D eigenvalue weighted by Gasteiger charge is -2.28. The number of hydrogen-bond acceptors (Lipinski definition) is 2. The molecule has 0 aliphatic heterocycles. The molecule has 1 aromatic carbocycles. The van der Waals surface area contributed by atoms with Crippen molar-refractivity contribution in [2.75, 3.05) is 0 Å². The van der Waals surface area contributed by atoms with Crippen molar-refractivity contribution in [3.8, 4) is 0 Å². The van der Waals surface area contributed by atoms with E-state index in [0.717, 1.165) is 5.56 Å². The molecule has 0 aliphatic rings. The van der Waals surface area contributed by atoms with Crippen molar-refractivity contribution in [2.45, 2.75) is 41.2 Å². The van der Waals surface area contributed by atoms with Gasteiger partial charge in [0.2, 0.25) is 0 Å². The lowest BCUT2D eigenvalue weighted by Crippen LogP contribution is -2.31. The Morgan fingerprint density at radius 3 is 2.05 bits per heavy atom. The van der Waals surface area contributed by atoms with Gasteiger partial charge in [0.1, 0.15) is 6.61 Å². The molecule has 0 N–H and O–H groups in total. The highest BCUT2D eigenvalue weighted by molar-refractivity contribution is 5.73. The fraction of sp³-hybridized carbons (Fsp3) is 0.588. The Morgan fingerprint density at radius 1 is 1.00 bits per heavy atom. The minimum absolute atomic E-state index is 0.0243. The Labute approximate surface area is 117 Å². The minimum Gasteiger partial charge on any atom is -0.461 e. The Bertz CT molecular complexity index is 382. The molecule has 0 fully saturated rings. The zero-order valence-electron chi connectivity index (χ0n) is 12.7. The third-order valence-electron chi connectivity index (χ3n) is 3.83. The molecule has 1 aromatic rings. The summed E-state index contributed by atoms with van der Waals surface area (Å²) in [5.41, 5.74) is 1.04. The van der Waals surface area contributed by atoms with Gasteiger partial charge in [0.15, 0.2) is 0 Å². The zero-order valence-corrected chi connectivity index (χ0v) is 12.7. The van der Waals surface area contributed by atoms with Crippen LogP contribution in [0.5, 0.6) is 0 Å². The summed E-state index contributed by atoms with van der Waals surface area (Å²) in [5.74, 6) is 1.03. The number of esters is 1. The number of benzene rings is 1. The van der Waals surface area contributed by atoms with E-state index in [9.17, 15) is 4.79 Å². The normalized spacial score (nSPS) is 14.5. The molecular weight excluding hydrogens is 236 g/mol. The largest absolute Gasteiger partial charge is 0.461 e. The quantitative estimate of drug-likeness (QED) is 0.715. The second kappa shape index (κ2) is 7.32. The Hall–Kier alpha value is -1.31. The van der Waals surface area contributed by atoms with Crippen molar-refractivity contribution in [3.05, 3.63) is 35.9 Å². The van der Waals surface area contributed by atoms with E-state index >= 15 is 0 Å². The van der Waals surface area contributed by atoms with Crippen molar-refractivity contribution in [3.63, 3.8) is 0 Å². The highest BCUT2D eigenvalue weighted by atomic mass is 16.5. The first-order valence-corrected chi connectivity index (χ1v) is 7.14. The molecule has 0 heterocycles. The topological polar surface area (TPSA) is 26.3 Å². The smallest absolute Gasteiger partial charge is 0.309 e. The molecule has 0 radical (unpaired) electrons. The molecule has 106 valence electrons. The van der Waals surface area contributed by atoms with Gasteiger partial charge in [-0.05, 0) is 23.3 Å². The first kappa shape index (κ1) is 15.7. The van der Waals surface area contributed by atoms with Crippen LogP contribution in [0.4, 0.5) is 0 Å². The van der Waals surface area contributed by atoms with E-state index in [-0.39, 0.29) is 11.9 Å². The maximum atomic E-state index is 12.3. The lowest BCUT2D eigenvalue weighted by atomic mass is 9.78. The second-order valence-electron chi connectivity index (χ2n) is 5.97. The molecule has 0 saturated heterocycles. The highest BCUT2D eigenvalue weighted by Crippen LogP contribution is 2.28. The summed E-state index contributed by atoms with van der Waals surface area (Å²) >= 11 is 0. The van der Waals surface area contributed by atoms with Crippen LogP contribution in [-0.2, 0) is 16.1 Å². The van der Waals surface area contributed by atoms with Crippen LogP contribution >= 0.6 is 0 Å². The lowest BCUT2D eigenvalue weighted by molar-refractivity contribution is -0.154. The molecule has 2 nitrogen and oxygen atoms in total. The summed E-state index contributed by atoms with van der Waals surface area (Å²) in [6.45, 7) is 11.0. The summed E-state index contributed by atoms with van der Waals surface area (Å²) in [6, 6.07) is 9.83. The predicted molar refractivity (Wildman–Crippen MR) is 78.6 cm³/mol. The van der Waals surface area contributed by atoms with Crippen molar-refractivity contribution < 1.29 is 9.53 Å². The SMILES string of the molecule is CC(C)C(C)C(C(=O)OCc1ccccc1)C(C)C. The average Bonchev–Trinajstić information content (AvgIpc) is 2.37. The number of ether oxygens (including phenoxy) is 1. The van der Waals surface area contributed by atoms with E-state index in [1.165, 1.54) is 0 Å². The van der Waals surface area contributed by atoms with Crippen molar-refractivity contribution in [2.24, 2.45) is 23.7 Å². The molecule has 0 aromatic heterocycles. The Kier molecular flexibility index (Phi) is 6.07. The maximum Gasteiger partial charge on any atom is 0.309 e. The molecule has 0 saturated carbocycles. The second-order valence-corrected chi connectivity index (χ2v) is 5.97. The average molecular weight is 262 g/mol. The summed E-state index contributed by atoms with van der Waals surface area (Å²) in [7, 11) is 0. The number of rotatable bonds is 6. The maximum absolute atomic E-state index is 12.3. The minimum atomic E-state index is -0.0694. The van der Waals surface area contributed by atoms with E-state index in [0.29, 0.717) is 24.4 Å². The fourth-order valence-corrected chi connectivity index (χ4v) is 2.33. The summed E-state index contributed by atoms with van der Waals surface area (Å²) < 4.78 is 5.48.